The van der Waals surface area contributed by atoms with Crippen LogP contribution in [0.1, 0.15) is 18.4 Å². The maximum atomic E-state index is 13.2. The van der Waals surface area contributed by atoms with Crippen molar-refractivity contribution in [3.63, 3.8) is 0 Å². The van der Waals surface area contributed by atoms with Gasteiger partial charge in [0.05, 0.1) is 20.3 Å². The third kappa shape index (κ3) is 5.47. The fourth-order valence-electron chi connectivity index (χ4n) is 3.75. The molecule has 2 aliphatic rings. The highest BCUT2D eigenvalue weighted by atomic mass is 19.4. The lowest BCUT2D eigenvalue weighted by Crippen LogP contribution is -2.62. The molecule has 1 saturated carbocycles. The number of nitrogens with zero attached hydrogens (tertiary/aromatic N) is 1. The first-order chi connectivity index (χ1) is 14.1. The standard InChI is InChI=1S/C19H23BF3NO6/c1-28-15-4-2-13(3-5-15)9-29-10-16(19(21,22)23)30-17(25)24-11-18(12-24)6-14(7-18)8-20(26)27/h2-5,8,16,26-27H,6-7,9-12H2,1H3/t16-/m1/s1. The van der Waals surface area contributed by atoms with Gasteiger partial charge in [-0.1, -0.05) is 23.7 Å². The number of methoxy groups -OCH3 is 1. The molecule has 3 rings (SSSR count). The van der Waals surface area contributed by atoms with E-state index in [0.717, 1.165) is 5.57 Å². The SMILES string of the molecule is COc1ccc(COC[C@@H](OC(=O)N2CC3(CC(=CB(O)O)C3)C2)C(F)(F)F)cc1. The highest BCUT2D eigenvalue weighted by Gasteiger charge is 2.53. The molecule has 0 unspecified atom stereocenters. The molecule has 1 aromatic carbocycles. The molecule has 30 heavy (non-hydrogen) atoms. The van der Waals surface area contributed by atoms with E-state index in [4.69, 9.17) is 19.5 Å². The highest BCUT2D eigenvalue weighted by Crippen LogP contribution is 2.51. The molecule has 0 bridgehead atoms. The van der Waals surface area contributed by atoms with E-state index in [1.807, 2.05) is 0 Å². The van der Waals surface area contributed by atoms with E-state index in [1.54, 1.807) is 24.3 Å². The Morgan fingerprint density at radius 2 is 1.90 bits per heavy atom. The number of halogens is 3. The second kappa shape index (κ2) is 8.87. The number of amides is 1. The van der Waals surface area contributed by atoms with Crippen LogP contribution in [0.5, 0.6) is 5.75 Å². The van der Waals surface area contributed by atoms with Crippen LogP contribution in [0.4, 0.5) is 18.0 Å². The highest BCUT2D eigenvalue weighted by molar-refractivity contribution is 6.47. The Hall–Kier alpha value is -2.24. The molecule has 2 fully saturated rings. The third-order valence-electron chi connectivity index (χ3n) is 5.20. The number of hydrogen-bond donors (Lipinski definition) is 2. The average Bonchev–Trinajstić information content (AvgIpc) is 2.61. The summed E-state index contributed by atoms with van der Waals surface area (Å²) >= 11 is 0. The number of benzene rings is 1. The van der Waals surface area contributed by atoms with Crippen molar-refractivity contribution in [1.82, 2.24) is 4.90 Å². The normalized spacial score (nSPS) is 18.3. The first-order valence-electron chi connectivity index (χ1n) is 9.39. The van der Waals surface area contributed by atoms with Gasteiger partial charge in [0, 0.05) is 18.5 Å². The van der Waals surface area contributed by atoms with Crippen LogP contribution in [0.2, 0.25) is 0 Å². The summed E-state index contributed by atoms with van der Waals surface area (Å²) in [5.41, 5.74) is 1.32. The lowest BCUT2D eigenvalue weighted by molar-refractivity contribution is -0.222. The van der Waals surface area contributed by atoms with Crippen molar-refractivity contribution in [2.75, 3.05) is 26.8 Å². The summed E-state index contributed by atoms with van der Waals surface area (Å²) in [6, 6.07) is 6.68. The van der Waals surface area contributed by atoms with Crippen molar-refractivity contribution >= 4 is 13.2 Å². The summed E-state index contributed by atoms with van der Waals surface area (Å²) in [7, 11) is -0.0163. The van der Waals surface area contributed by atoms with E-state index in [-0.39, 0.29) is 25.1 Å². The smallest absolute Gasteiger partial charge is 0.480 e. The molecule has 1 spiro atoms. The zero-order valence-electron chi connectivity index (χ0n) is 16.4. The van der Waals surface area contributed by atoms with Crippen LogP contribution in [0, 0.1) is 5.41 Å². The van der Waals surface area contributed by atoms with E-state index in [0.29, 0.717) is 24.2 Å². The fourth-order valence-corrected chi connectivity index (χ4v) is 3.75. The van der Waals surface area contributed by atoms with E-state index in [1.165, 1.54) is 18.0 Å². The number of ether oxygens (including phenoxy) is 3. The first kappa shape index (κ1) is 22.5. The number of alkyl halides is 3. The van der Waals surface area contributed by atoms with Crippen molar-refractivity contribution in [3.05, 3.63) is 41.4 Å². The number of hydrogen-bond acceptors (Lipinski definition) is 6. The number of rotatable bonds is 7. The Morgan fingerprint density at radius 3 is 2.43 bits per heavy atom. The summed E-state index contributed by atoms with van der Waals surface area (Å²) in [5, 5.41) is 17.8. The van der Waals surface area contributed by atoms with Crippen LogP contribution in [0.25, 0.3) is 0 Å². The summed E-state index contributed by atoms with van der Waals surface area (Å²) in [6.07, 6.45) is -6.97. The molecule has 1 aliphatic heterocycles. The van der Waals surface area contributed by atoms with E-state index in [9.17, 15) is 18.0 Å². The molecule has 7 nitrogen and oxygen atoms in total. The Bertz CT molecular complexity index is 767. The maximum absolute atomic E-state index is 13.2. The Kier molecular flexibility index (Phi) is 6.64. The summed E-state index contributed by atoms with van der Waals surface area (Å²) in [6.45, 7) is -0.307. The second-order valence-corrected chi connectivity index (χ2v) is 7.73. The Labute approximate surface area is 172 Å². The van der Waals surface area contributed by atoms with Crippen molar-refractivity contribution in [3.8, 4) is 5.75 Å². The molecule has 1 heterocycles. The van der Waals surface area contributed by atoms with Gasteiger partial charge in [0.25, 0.3) is 0 Å². The maximum Gasteiger partial charge on any atom is 0.480 e. The monoisotopic (exact) mass is 429 g/mol. The largest absolute Gasteiger partial charge is 0.497 e. The first-order valence-corrected chi connectivity index (χ1v) is 9.39. The lowest BCUT2D eigenvalue weighted by atomic mass is 9.59. The van der Waals surface area contributed by atoms with Crippen molar-refractivity contribution in [1.29, 1.82) is 0 Å². The predicted octanol–water partition coefficient (Wildman–Crippen LogP) is 2.31. The summed E-state index contributed by atoms with van der Waals surface area (Å²) in [4.78, 5) is 13.3. The Morgan fingerprint density at radius 1 is 1.27 bits per heavy atom. The van der Waals surface area contributed by atoms with Crippen LogP contribution in [0.15, 0.2) is 35.8 Å². The molecule has 2 N–H and O–H groups in total. The van der Waals surface area contributed by atoms with Crippen molar-refractivity contribution in [2.24, 2.45) is 5.41 Å². The number of carbonyl (C=O) groups is 1. The topological polar surface area (TPSA) is 88.5 Å². The van der Waals surface area contributed by atoms with Crippen molar-refractivity contribution in [2.45, 2.75) is 31.7 Å². The van der Waals surface area contributed by atoms with Gasteiger partial charge >= 0.3 is 19.4 Å². The molecule has 1 amide bonds. The average molecular weight is 429 g/mol. The zero-order chi connectivity index (χ0) is 21.9. The molecule has 1 aromatic rings. The number of allylic oxidation sites excluding steroid dienone is 1. The van der Waals surface area contributed by atoms with Crippen LogP contribution < -0.4 is 4.74 Å². The van der Waals surface area contributed by atoms with Crippen molar-refractivity contribution < 1.29 is 42.2 Å². The number of carbonyl (C=O) groups excluding carboxylic acids is 1. The lowest BCUT2D eigenvalue weighted by Gasteiger charge is -2.56. The van der Waals surface area contributed by atoms with Gasteiger partial charge in [0.2, 0.25) is 6.10 Å². The minimum absolute atomic E-state index is 0.0627. The molecule has 0 aromatic heterocycles. The molecule has 1 atom stereocenters. The van der Waals surface area contributed by atoms with Gasteiger partial charge < -0.3 is 29.2 Å². The van der Waals surface area contributed by atoms with Gasteiger partial charge in [-0.25, -0.2) is 4.79 Å². The molecule has 164 valence electrons. The van der Waals surface area contributed by atoms with Crippen LogP contribution >= 0.6 is 0 Å². The van der Waals surface area contributed by atoms with Gasteiger partial charge in [-0.15, -0.1) is 0 Å². The summed E-state index contributed by atoms with van der Waals surface area (Å²) in [5.74, 6) is 1.95. The van der Waals surface area contributed by atoms with E-state index >= 15 is 0 Å². The fraction of sp³-hybridized carbons (Fsp3) is 0.526. The van der Waals surface area contributed by atoms with Crippen LogP contribution in [-0.2, 0) is 16.1 Å². The van der Waals surface area contributed by atoms with Crippen LogP contribution in [0.3, 0.4) is 0 Å². The van der Waals surface area contributed by atoms with Gasteiger partial charge in [-0.05, 0) is 30.5 Å². The predicted molar refractivity (Wildman–Crippen MR) is 100 cm³/mol. The van der Waals surface area contributed by atoms with Gasteiger partial charge in [-0.3, -0.25) is 0 Å². The summed E-state index contributed by atoms with van der Waals surface area (Å²) < 4.78 is 54.5. The quantitative estimate of drug-likeness (QED) is 0.647. The Balaban J connectivity index is 1.45. The second-order valence-electron chi connectivity index (χ2n) is 7.73. The van der Waals surface area contributed by atoms with Crippen LogP contribution in [-0.4, -0.2) is 67.2 Å². The molecular formula is C19H23BF3NO6. The molecular weight excluding hydrogens is 406 g/mol. The third-order valence-corrected chi connectivity index (χ3v) is 5.20. The molecule has 0 radical (unpaired) electrons. The van der Waals surface area contributed by atoms with E-state index in [2.05, 4.69) is 4.74 Å². The molecule has 1 saturated heterocycles. The van der Waals surface area contributed by atoms with Gasteiger partial charge in [0.15, 0.2) is 0 Å². The number of likely N-dealkylation sites (tertiary alicyclic amines) is 1. The minimum Gasteiger partial charge on any atom is -0.497 e. The van der Waals surface area contributed by atoms with Gasteiger partial charge in [0.1, 0.15) is 5.75 Å². The zero-order valence-corrected chi connectivity index (χ0v) is 16.4. The van der Waals surface area contributed by atoms with Gasteiger partial charge in [-0.2, -0.15) is 13.2 Å². The van der Waals surface area contributed by atoms with E-state index < -0.39 is 32.1 Å². The molecule has 1 aliphatic carbocycles. The minimum atomic E-state index is -4.75. The molecule has 11 heteroatoms.